The van der Waals surface area contributed by atoms with E-state index in [2.05, 4.69) is 0 Å². The summed E-state index contributed by atoms with van der Waals surface area (Å²) in [7, 11) is 0. The number of para-hydroxylation sites is 1. The molecule has 0 fully saturated rings. The first-order valence-corrected chi connectivity index (χ1v) is 5.75. The lowest BCUT2D eigenvalue weighted by Crippen LogP contribution is -2.18. The van der Waals surface area contributed by atoms with E-state index in [4.69, 9.17) is 9.84 Å². The number of benzene rings is 1. The molecule has 4 heteroatoms. The fourth-order valence-electron chi connectivity index (χ4n) is 2.29. The lowest BCUT2D eigenvalue weighted by Gasteiger charge is -2.20. The van der Waals surface area contributed by atoms with Gasteiger partial charge >= 0.3 is 5.97 Å². The number of ether oxygens (including phenoxy) is 1. The molecule has 0 aliphatic carbocycles. The SMILES string of the molecule is CC(C(=O)O)C1CCCOc2c(F)cccc21. The van der Waals surface area contributed by atoms with Crippen molar-refractivity contribution in [2.75, 3.05) is 6.61 Å². The van der Waals surface area contributed by atoms with E-state index in [1.807, 2.05) is 0 Å². The Morgan fingerprint density at radius 2 is 2.35 bits per heavy atom. The van der Waals surface area contributed by atoms with Crippen LogP contribution in [0.3, 0.4) is 0 Å². The van der Waals surface area contributed by atoms with Crippen molar-refractivity contribution in [3.05, 3.63) is 29.6 Å². The van der Waals surface area contributed by atoms with E-state index in [0.717, 1.165) is 6.42 Å². The van der Waals surface area contributed by atoms with Crippen LogP contribution in [0.1, 0.15) is 31.2 Å². The van der Waals surface area contributed by atoms with Crippen LogP contribution in [0.4, 0.5) is 4.39 Å². The van der Waals surface area contributed by atoms with Crippen molar-refractivity contribution in [3.63, 3.8) is 0 Å². The van der Waals surface area contributed by atoms with Crippen LogP contribution in [0.25, 0.3) is 0 Å². The molecule has 1 aliphatic heterocycles. The molecule has 0 saturated heterocycles. The molecule has 1 aromatic carbocycles. The van der Waals surface area contributed by atoms with Crippen LogP contribution in [0, 0.1) is 11.7 Å². The minimum atomic E-state index is -0.855. The van der Waals surface area contributed by atoms with Gasteiger partial charge in [0.2, 0.25) is 0 Å². The molecule has 0 amide bonds. The molecule has 92 valence electrons. The molecule has 2 unspecified atom stereocenters. The highest BCUT2D eigenvalue weighted by molar-refractivity contribution is 5.71. The zero-order chi connectivity index (χ0) is 12.4. The molecule has 17 heavy (non-hydrogen) atoms. The molecule has 1 heterocycles. The number of halogens is 1. The van der Waals surface area contributed by atoms with E-state index in [1.54, 1.807) is 19.1 Å². The number of hydrogen-bond acceptors (Lipinski definition) is 2. The number of carbonyl (C=O) groups is 1. The fraction of sp³-hybridized carbons (Fsp3) is 0.462. The molecular formula is C13H15FO3. The molecule has 0 bridgehead atoms. The van der Waals surface area contributed by atoms with Crippen LogP contribution in [0.2, 0.25) is 0 Å². The van der Waals surface area contributed by atoms with Gasteiger partial charge < -0.3 is 9.84 Å². The minimum absolute atomic E-state index is 0.180. The number of fused-ring (bicyclic) bond motifs is 1. The number of carboxylic acids is 1. The molecule has 1 aliphatic rings. The topological polar surface area (TPSA) is 46.5 Å². The predicted octanol–water partition coefficient (Wildman–Crippen LogP) is 2.80. The summed E-state index contributed by atoms with van der Waals surface area (Å²) in [4.78, 5) is 11.1. The number of carboxylic acid groups (broad SMARTS) is 1. The van der Waals surface area contributed by atoms with E-state index in [9.17, 15) is 9.18 Å². The Balaban J connectivity index is 2.43. The predicted molar refractivity (Wildman–Crippen MR) is 60.7 cm³/mol. The van der Waals surface area contributed by atoms with Crippen molar-refractivity contribution in [2.45, 2.75) is 25.7 Å². The quantitative estimate of drug-likeness (QED) is 0.861. The Bertz CT molecular complexity index is 431. The highest BCUT2D eigenvalue weighted by atomic mass is 19.1. The summed E-state index contributed by atoms with van der Waals surface area (Å²) in [5.74, 6) is -1.75. The average Bonchev–Trinajstić information content (AvgIpc) is 2.51. The Labute approximate surface area is 99.2 Å². The van der Waals surface area contributed by atoms with Crippen molar-refractivity contribution in [3.8, 4) is 5.75 Å². The van der Waals surface area contributed by atoms with Crippen molar-refractivity contribution < 1.29 is 19.0 Å². The fourth-order valence-corrected chi connectivity index (χ4v) is 2.29. The van der Waals surface area contributed by atoms with Gasteiger partial charge in [-0.2, -0.15) is 0 Å². The lowest BCUT2D eigenvalue weighted by molar-refractivity contribution is -0.141. The first-order chi connectivity index (χ1) is 8.11. The zero-order valence-corrected chi connectivity index (χ0v) is 9.65. The Morgan fingerprint density at radius 1 is 1.59 bits per heavy atom. The Kier molecular flexibility index (Phi) is 3.31. The summed E-state index contributed by atoms with van der Waals surface area (Å²) in [6.45, 7) is 2.10. The number of rotatable bonds is 2. The van der Waals surface area contributed by atoms with Crippen molar-refractivity contribution >= 4 is 5.97 Å². The summed E-state index contributed by atoms with van der Waals surface area (Å²) in [5, 5.41) is 9.09. The second-order valence-electron chi connectivity index (χ2n) is 4.38. The van der Waals surface area contributed by atoms with Crippen LogP contribution in [0.15, 0.2) is 18.2 Å². The van der Waals surface area contributed by atoms with Gasteiger partial charge in [0.25, 0.3) is 0 Å². The van der Waals surface area contributed by atoms with E-state index < -0.39 is 17.7 Å². The van der Waals surface area contributed by atoms with Crippen molar-refractivity contribution in [2.24, 2.45) is 5.92 Å². The van der Waals surface area contributed by atoms with Crippen LogP contribution < -0.4 is 4.74 Å². The van der Waals surface area contributed by atoms with E-state index in [0.29, 0.717) is 18.6 Å². The second-order valence-corrected chi connectivity index (χ2v) is 4.38. The Hall–Kier alpha value is -1.58. The molecule has 0 spiro atoms. The van der Waals surface area contributed by atoms with E-state index >= 15 is 0 Å². The summed E-state index contributed by atoms with van der Waals surface area (Å²) >= 11 is 0. The van der Waals surface area contributed by atoms with Crippen molar-refractivity contribution in [1.29, 1.82) is 0 Å². The van der Waals surface area contributed by atoms with Gasteiger partial charge in [-0.05, 0) is 18.9 Å². The smallest absolute Gasteiger partial charge is 0.306 e. The molecule has 0 radical (unpaired) electrons. The minimum Gasteiger partial charge on any atom is -0.490 e. The Morgan fingerprint density at radius 3 is 3.06 bits per heavy atom. The van der Waals surface area contributed by atoms with Gasteiger partial charge in [-0.25, -0.2) is 4.39 Å². The molecule has 1 aromatic rings. The third-order valence-electron chi connectivity index (χ3n) is 3.30. The van der Waals surface area contributed by atoms with Gasteiger partial charge in [-0.1, -0.05) is 19.1 Å². The van der Waals surface area contributed by atoms with Gasteiger partial charge in [0.1, 0.15) is 0 Å². The monoisotopic (exact) mass is 238 g/mol. The summed E-state index contributed by atoms with van der Waals surface area (Å²) in [5.41, 5.74) is 0.678. The average molecular weight is 238 g/mol. The van der Waals surface area contributed by atoms with Gasteiger partial charge in [0.15, 0.2) is 11.6 Å². The van der Waals surface area contributed by atoms with Crippen molar-refractivity contribution in [1.82, 2.24) is 0 Å². The molecule has 2 atom stereocenters. The van der Waals surface area contributed by atoms with Crippen LogP contribution in [0.5, 0.6) is 5.75 Å². The van der Waals surface area contributed by atoms with E-state index in [-0.39, 0.29) is 11.7 Å². The van der Waals surface area contributed by atoms with Gasteiger partial charge in [0.05, 0.1) is 12.5 Å². The molecular weight excluding hydrogens is 223 g/mol. The second kappa shape index (κ2) is 4.73. The molecule has 2 rings (SSSR count). The third-order valence-corrected chi connectivity index (χ3v) is 3.30. The highest BCUT2D eigenvalue weighted by Crippen LogP contribution is 2.39. The normalized spacial score (nSPS) is 20.9. The van der Waals surface area contributed by atoms with Crippen LogP contribution in [-0.4, -0.2) is 17.7 Å². The summed E-state index contributed by atoms with van der Waals surface area (Å²) in [6.07, 6.45) is 1.46. The molecule has 3 nitrogen and oxygen atoms in total. The van der Waals surface area contributed by atoms with Gasteiger partial charge in [0, 0.05) is 11.5 Å². The first kappa shape index (κ1) is 11.9. The van der Waals surface area contributed by atoms with Gasteiger partial charge in [-0.15, -0.1) is 0 Å². The number of aliphatic carboxylic acids is 1. The molecule has 0 aromatic heterocycles. The molecule has 1 N–H and O–H groups in total. The lowest BCUT2D eigenvalue weighted by atomic mass is 9.84. The molecule has 0 saturated carbocycles. The van der Waals surface area contributed by atoms with Gasteiger partial charge in [-0.3, -0.25) is 4.79 Å². The first-order valence-electron chi connectivity index (χ1n) is 5.75. The maximum Gasteiger partial charge on any atom is 0.306 e. The number of hydrogen-bond donors (Lipinski definition) is 1. The third kappa shape index (κ3) is 2.25. The highest BCUT2D eigenvalue weighted by Gasteiger charge is 2.30. The van der Waals surface area contributed by atoms with Crippen LogP contribution >= 0.6 is 0 Å². The maximum atomic E-state index is 13.6. The maximum absolute atomic E-state index is 13.6. The summed E-state index contributed by atoms with van der Waals surface area (Å²) < 4.78 is 19.0. The van der Waals surface area contributed by atoms with E-state index in [1.165, 1.54) is 6.07 Å². The van der Waals surface area contributed by atoms with Crippen LogP contribution in [-0.2, 0) is 4.79 Å². The standard InChI is InChI=1S/C13H15FO3/c1-8(13(15)16)9-5-3-7-17-12-10(9)4-2-6-11(12)14/h2,4,6,8-9H,3,5,7H2,1H3,(H,15,16). The zero-order valence-electron chi connectivity index (χ0n) is 9.65. The summed E-state index contributed by atoms with van der Waals surface area (Å²) in [6, 6.07) is 4.70. The largest absolute Gasteiger partial charge is 0.490 e.